The number of aromatic amines is 1. The van der Waals surface area contributed by atoms with Crippen LogP contribution in [0.1, 0.15) is 34.2 Å². The lowest BCUT2D eigenvalue weighted by atomic mass is 10.1. The van der Waals surface area contributed by atoms with Gasteiger partial charge in [-0.3, -0.25) is 4.98 Å². The zero-order valence-electron chi connectivity index (χ0n) is 20.6. The minimum atomic E-state index is 0.511. The molecule has 0 saturated heterocycles. The van der Waals surface area contributed by atoms with E-state index in [4.69, 9.17) is 0 Å². The molecule has 0 fully saturated rings. The summed E-state index contributed by atoms with van der Waals surface area (Å²) in [7, 11) is 4.20. The predicted molar refractivity (Wildman–Crippen MR) is 146 cm³/mol. The van der Waals surface area contributed by atoms with Crippen molar-refractivity contribution in [2.75, 3.05) is 32.5 Å². The van der Waals surface area contributed by atoms with Crippen molar-refractivity contribution < 1.29 is 0 Å². The van der Waals surface area contributed by atoms with Crippen molar-refractivity contribution in [3.8, 4) is 6.07 Å². The van der Waals surface area contributed by atoms with Crippen molar-refractivity contribution >= 4 is 34.4 Å². The lowest BCUT2D eigenvalue weighted by Gasteiger charge is -2.14. The molecule has 35 heavy (non-hydrogen) atoms. The Morgan fingerprint density at radius 1 is 1.06 bits per heavy atom. The highest BCUT2D eigenvalue weighted by Gasteiger charge is 2.11. The van der Waals surface area contributed by atoms with Crippen molar-refractivity contribution in [3.05, 3.63) is 88.9 Å². The Morgan fingerprint density at radius 2 is 1.89 bits per heavy atom. The van der Waals surface area contributed by atoms with Crippen LogP contribution >= 0.6 is 0 Å². The maximum absolute atomic E-state index is 9.71. The van der Waals surface area contributed by atoms with Crippen LogP contribution in [-0.4, -0.2) is 42.1 Å². The smallest absolute Gasteiger partial charge is 0.103 e. The molecule has 4 rings (SSSR count). The topological polar surface area (TPSA) is 79.8 Å². The summed E-state index contributed by atoms with van der Waals surface area (Å²) in [6.07, 6.45) is 10.5. The molecule has 178 valence electrons. The second kappa shape index (κ2) is 11.5. The number of nitrogens with one attached hydrogen (secondary N) is 3. The van der Waals surface area contributed by atoms with E-state index in [1.54, 1.807) is 12.4 Å². The molecule has 0 aliphatic heterocycles. The highest BCUT2D eigenvalue weighted by molar-refractivity contribution is 5.90. The summed E-state index contributed by atoms with van der Waals surface area (Å²) in [5.41, 5.74) is 7.69. The molecule has 2 aromatic heterocycles. The largest absolute Gasteiger partial charge is 0.361 e. The van der Waals surface area contributed by atoms with Gasteiger partial charge in [0, 0.05) is 47.3 Å². The van der Waals surface area contributed by atoms with Gasteiger partial charge in [0.2, 0.25) is 0 Å². The molecular formula is C29H32N6. The van der Waals surface area contributed by atoms with Gasteiger partial charge in [-0.1, -0.05) is 36.4 Å². The summed E-state index contributed by atoms with van der Waals surface area (Å²) < 4.78 is 0. The van der Waals surface area contributed by atoms with Crippen LogP contribution in [0.15, 0.2) is 61.1 Å². The third-order valence-corrected chi connectivity index (χ3v) is 6.08. The summed E-state index contributed by atoms with van der Waals surface area (Å²) in [6.45, 7) is 5.05. The molecule has 6 heteroatoms. The Hall–Kier alpha value is -3.92. The van der Waals surface area contributed by atoms with E-state index < -0.39 is 0 Å². The summed E-state index contributed by atoms with van der Waals surface area (Å²) in [6, 6.07) is 17.0. The normalized spacial score (nSPS) is 11.4. The molecule has 0 bridgehead atoms. The Balaban J connectivity index is 1.48. The minimum absolute atomic E-state index is 0.511. The maximum Gasteiger partial charge on any atom is 0.103 e. The number of H-pyrrole nitrogens is 1. The predicted octanol–water partition coefficient (Wildman–Crippen LogP) is 5.70. The van der Waals surface area contributed by atoms with Crippen LogP contribution < -0.4 is 10.6 Å². The van der Waals surface area contributed by atoms with Crippen LogP contribution in [0, 0.1) is 18.3 Å². The van der Waals surface area contributed by atoms with Gasteiger partial charge in [-0.2, -0.15) is 5.26 Å². The van der Waals surface area contributed by atoms with Gasteiger partial charge in [0.1, 0.15) is 6.07 Å². The number of pyridine rings is 1. The number of fused-ring (bicyclic) bond motifs is 1. The standard InChI is InChI=1S/C29H32N6/c1-21-26-13-15-33-28(26)12-11-27(21)34-29-24(19-32-20-25(29)17-30)10-9-22-5-7-23(8-6-22)18-31-14-4-16-35(2)3/h5-13,15,19-20,31,33H,4,14,16,18H2,1-3H3,(H,32,34)/b10-9+. The van der Waals surface area contributed by atoms with E-state index in [9.17, 15) is 5.26 Å². The highest BCUT2D eigenvalue weighted by atomic mass is 15.1. The van der Waals surface area contributed by atoms with E-state index in [-0.39, 0.29) is 0 Å². The van der Waals surface area contributed by atoms with Crippen LogP contribution in [0.5, 0.6) is 0 Å². The number of aryl methyl sites for hydroxylation is 1. The molecule has 0 atom stereocenters. The molecule has 0 spiro atoms. The van der Waals surface area contributed by atoms with Crippen molar-refractivity contribution in [2.24, 2.45) is 0 Å². The number of hydrogen-bond donors (Lipinski definition) is 3. The Bertz CT molecular complexity index is 1340. The van der Waals surface area contributed by atoms with E-state index in [1.165, 1.54) is 5.56 Å². The third-order valence-electron chi connectivity index (χ3n) is 6.08. The van der Waals surface area contributed by atoms with Gasteiger partial charge >= 0.3 is 0 Å². The van der Waals surface area contributed by atoms with Crippen LogP contribution in [0.4, 0.5) is 11.4 Å². The molecule has 0 aliphatic rings. The summed E-state index contributed by atoms with van der Waals surface area (Å²) in [5, 5.41) is 17.9. The number of anilines is 2. The molecule has 3 N–H and O–H groups in total. The number of nitrogens with zero attached hydrogens (tertiary/aromatic N) is 3. The van der Waals surface area contributed by atoms with Crippen LogP contribution in [0.3, 0.4) is 0 Å². The average Bonchev–Trinajstić information content (AvgIpc) is 3.35. The monoisotopic (exact) mass is 464 g/mol. The molecular weight excluding hydrogens is 432 g/mol. The molecule has 0 saturated carbocycles. The fourth-order valence-corrected chi connectivity index (χ4v) is 4.07. The first-order chi connectivity index (χ1) is 17.0. The maximum atomic E-state index is 9.71. The molecule has 0 unspecified atom stereocenters. The number of nitriles is 1. The van der Waals surface area contributed by atoms with E-state index in [1.807, 2.05) is 24.4 Å². The summed E-state index contributed by atoms with van der Waals surface area (Å²) in [4.78, 5) is 9.72. The lowest BCUT2D eigenvalue weighted by molar-refractivity contribution is 0.394. The summed E-state index contributed by atoms with van der Waals surface area (Å²) >= 11 is 0. The minimum Gasteiger partial charge on any atom is -0.361 e. The number of rotatable bonds is 10. The number of benzene rings is 2. The van der Waals surface area contributed by atoms with Gasteiger partial charge in [0.05, 0.1) is 11.3 Å². The molecule has 0 aliphatic carbocycles. The molecule has 6 nitrogen and oxygen atoms in total. The second-order valence-electron chi connectivity index (χ2n) is 8.97. The summed E-state index contributed by atoms with van der Waals surface area (Å²) in [5.74, 6) is 0. The fourth-order valence-electron chi connectivity index (χ4n) is 4.07. The zero-order chi connectivity index (χ0) is 24.6. The number of aromatic nitrogens is 2. The Morgan fingerprint density at radius 3 is 2.66 bits per heavy atom. The first-order valence-corrected chi connectivity index (χ1v) is 11.9. The van der Waals surface area contributed by atoms with E-state index in [2.05, 4.69) is 89.0 Å². The average molecular weight is 465 g/mol. The van der Waals surface area contributed by atoms with Crippen molar-refractivity contribution in [3.63, 3.8) is 0 Å². The van der Waals surface area contributed by atoms with Crippen LogP contribution in [0.2, 0.25) is 0 Å². The van der Waals surface area contributed by atoms with E-state index in [0.717, 1.165) is 65.0 Å². The van der Waals surface area contributed by atoms with Crippen molar-refractivity contribution in [1.82, 2.24) is 20.2 Å². The molecule has 4 aromatic rings. The van der Waals surface area contributed by atoms with Gasteiger partial charge < -0.3 is 20.5 Å². The molecule has 0 amide bonds. The van der Waals surface area contributed by atoms with Gasteiger partial charge in [-0.25, -0.2) is 0 Å². The second-order valence-corrected chi connectivity index (χ2v) is 8.97. The van der Waals surface area contributed by atoms with Crippen LogP contribution in [0.25, 0.3) is 23.1 Å². The van der Waals surface area contributed by atoms with E-state index in [0.29, 0.717) is 5.56 Å². The van der Waals surface area contributed by atoms with Crippen molar-refractivity contribution in [2.45, 2.75) is 19.9 Å². The van der Waals surface area contributed by atoms with Gasteiger partial charge in [0.25, 0.3) is 0 Å². The zero-order valence-corrected chi connectivity index (χ0v) is 20.6. The Kier molecular flexibility index (Phi) is 7.94. The SMILES string of the molecule is Cc1c(Nc2c(C#N)cncc2/C=C/c2ccc(CNCCCN(C)C)cc2)ccc2[nH]ccc12. The highest BCUT2D eigenvalue weighted by Crippen LogP contribution is 2.31. The van der Waals surface area contributed by atoms with Gasteiger partial charge in [-0.15, -0.1) is 0 Å². The lowest BCUT2D eigenvalue weighted by Crippen LogP contribution is -2.20. The van der Waals surface area contributed by atoms with Gasteiger partial charge in [-0.05, 0) is 75.4 Å². The number of hydrogen-bond acceptors (Lipinski definition) is 5. The quantitative estimate of drug-likeness (QED) is 0.262. The van der Waals surface area contributed by atoms with Crippen molar-refractivity contribution in [1.29, 1.82) is 5.26 Å². The van der Waals surface area contributed by atoms with Crippen LogP contribution in [-0.2, 0) is 6.54 Å². The van der Waals surface area contributed by atoms with Gasteiger partial charge in [0.15, 0.2) is 0 Å². The third kappa shape index (κ3) is 6.15. The van der Waals surface area contributed by atoms with E-state index >= 15 is 0 Å². The molecule has 2 heterocycles. The fraction of sp³-hybridized carbons (Fsp3) is 0.241. The Labute approximate surface area is 207 Å². The first-order valence-electron chi connectivity index (χ1n) is 11.9. The first kappa shape index (κ1) is 24.2. The molecule has 2 aromatic carbocycles. The molecule has 0 radical (unpaired) electrons.